The SMILES string of the molecule is Cc1cc(OCC(=O)OCC(=O)Nc2ccccc2Cc2ccccc2)no1. The quantitative estimate of drug-likeness (QED) is 0.604. The molecule has 1 N–H and O–H groups in total. The Balaban J connectivity index is 1.48. The molecule has 0 atom stereocenters. The minimum atomic E-state index is -0.673. The number of para-hydroxylation sites is 1. The molecule has 2 aromatic carbocycles. The Morgan fingerprint density at radius 3 is 2.54 bits per heavy atom. The third kappa shape index (κ3) is 5.70. The second kappa shape index (κ2) is 9.36. The minimum Gasteiger partial charge on any atom is -0.463 e. The van der Waals surface area contributed by atoms with Gasteiger partial charge in [0.1, 0.15) is 5.76 Å². The Labute approximate surface area is 162 Å². The van der Waals surface area contributed by atoms with Gasteiger partial charge in [-0.3, -0.25) is 4.79 Å². The molecule has 0 saturated heterocycles. The van der Waals surface area contributed by atoms with Gasteiger partial charge in [-0.25, -0.2) is 4.79 Å². The predicted octanol–water partition coefficient (Wildman–Crippen LogP) is 3.13. The number of aromatic nitrogens is 1. The number of carbonyl (C=O) groups excluding carboxylic acids is 2. The first-order valence-electron chi connectivity index (χ1n) is 8.73. The van der Waals surface area contributed by atoms with E-state index in [2.05, 4.69) is 10.5 Å². The number of hydrogen-bond donors (Lipinski definition) is 1. The first-order valence-corrected chi connectivity index (χ1v) is 8.73. The summed E-state index contributed by atoms with van der Waals surface area (Å²) in [6.07, 6.45) is 0.683. The zero-order valence-corrected chi connectivity index (χ0v) is 15.4. The predicted molar refractivity (Wildman–Crippen MR) is 102 cm³/mol. The van der Waals surface area contributed by atoms with Crippen molar-refractivity contribution in [3.05, 3.63) is 77.6 Å². The fourth-order valence-corrected chi connectivity index (χ4v) is 2.53. The van der Waals surface area contributed by atoms with Crippen molar-refractivity contribution in [2.45, 2.75) is 13.3 Å². The fraction of sp³-hybridized carbons (Fsp3) is 0.190. The van der Waals surface area contributed by atoms with Crippen LogP contribution in [0, 0.1) is 6.92 Å². The summed E-state index contributed by atoms with van der Waals surface area (Å²) in [5, 5.41) is 6.38. The van der Waals surface area contributed by atoms with Crippen LogP contribution in [0.5, 0.6) is 5.88 Å². The molecule has 1 aromatic heterocycles. The molecule has 0 saturated carbocycles. The van der Waals surface area contributed by atoms with E-state index < -0.39 is 18.5 Å². The van der Waals surface area contributed by atoms with Crippen LogP contribution >= 0.6 is 0 Å². The molecule has 0 bridgehead atoms. The van der Waals surface area contributed by atoms with Gasteiger partial charge in [0.15, 0.2) is 13.2 Å². The van der Waals surface area contributed by atoms with E-state index >= 15 is 0 Å². The molecule has 0 radical (unpaired) electrons. The molecule has 7 heteroatoms. The molecule has 7 nitrogen and oxygen atoms in total. The van der Waals surface area contributed by atoms with Gasteiger partial charge >= 0.3 is 5.97 Å². The molecule has 0 spiro atoms. The number of benzene rings is 2. The first-order chi connectivity index (χ1) is 13.6. The van der Waals surface area contributed by atoms with Crippen LogP contribution in [0.1, 0.15) is 16.9 Å². The lowest BCUT2D eigenvalue weighted by Crippen LogP contribution is -2.24. The van der Waals surface area contributed by atoms with Crippen molar-refractivity contribution < 1.29 is 23.6 Å². The van der Waals surface area contributed by atoms with Crippen LogP contribution < -0.4 is 10.1 Å². The number of carbonyl (C=O) groups is 2. The van der Waals surface area contributed by atoms with Crippen LogP contribution in [0.4, 0.5) is 5.69 Å². The van der Waals surface area contributed by atoms with Crippen molar-refractivity contribution in [1.29, 1.82) is 0 Å². The van der Waals surface area contributed by atoms with Crippen molar-refractivity contribution in [1.82, 2.24) is 5.16 Å². The zero-order valence-electron chi connectivity index (χ0n) is 15.4. The third-order valence-electron chi connectivity index (χ3n) is 3.84. The minimum absolute atomic E-state index is 0.189. The summed E-state index contributed by atoms with van der Waals surface area (Å²) in [5.74, 6) is -0.342. The lowest BCUT2D eigenvalue weighted by molar-refractivity contribution is -0.149. The van der Waals surface area contributed by atoms with Crippen LogP contribution in [-0.4, -0.2) is 30.2 Å². The molecular formula is C21H20N2O5. The van der Waals surface area contributed by atoms with E-state index in [1.165, 1.54) is 0 Å². The molecule has 1 amide bonds. The highest BCUT2D eigenvalue weighted by atomic mass is 16.6. The summed E-state index contributed by atoms with van der Waals surface area (Å²) < 4.78 is 14.9. The maximum absolute atomic E-state index is 12.1. The number of anilines is 1. The number of rotatable bonds is 8. The van der Waals surface area contributed by atoms with Gasteiger partial charge in [0.05, 0.1) is 0 Å². The molecule has 0 fully saturated rings. The number of nitrogens with one attached hydrogen (secondary N) is 1. The molecule has 0 aliphatic heterocycles. The highest BCUT2D eigenvalue weighted by molar-refractivity contribution is 5.93. The summed E-state index contributed by atoms with van der Waals surface area (Å²) >= 11 is 0. The molecular weight excluding hydrogens is 360 g/mol. The van der Waals surface area contributed by atoms with Gasteiger partial charge in [0.2, 0.25) is 0 Å². The smallest absolute Gasteiger partial charge is 0.344 e. The average molecular weight is 380 g/mol. The second-order valence-electron chi connectivity index (χ2n) is 6.09. The summed E-state index contributed by atoms with van der Waals surface area (Å²) in [5.41, 5.74) is 2.79. The van der Waals surface area contributed by atoms with E-state index in [0.717, 1.165) is 11.1 Å². The maximum atomic E-state index is 12.1. The molecule has 0 aliphatic carbocycles. The van der Waals surface area contributed by atoms with E-state index in [4.69, 9.17) is 14.0 Å². The summed E-state index contributed by atoms with van der Waals surface area (Å²) in [6, 6.07) is 19.0. The highest BCUT2D eigenvalue weighted by Gasteiger charge is 2.12. The number of aryl methyl sites for hydroxylation is 1. The lowest BCUT2D eigenvalue weighted by Gasteiger charge is -2.11. The van der Waals surface area contributed by atoms with E-state index in [1.807, 2.05) is 54.6 Å². The highest BCUT2D eigenvalue weighted by Crippen LogP contribution is 2.19. The van der Waals surface area contributed by atoms with Gasteiger partial charge in [0, 0.05) is 11.8 Å². The second-order valence-corrected chi connectivity index (χ2v) is 6.09. The van der Waals surface area contributed by atoms with Gasteiger partial charge in [-0.05, 0) is 35.7 Å². The van der Waals surface area contributed by atoms with Gasteiger partial charge in [-0.1, -0.05) is 48.5 Å². The number of amides is 1. The summed E-state index contributed by atoms with van der Waals surface area (Å²) in [6.45, 7) is 0.946. The Hall–Kier alpha value is -3.61. The summed E-state index contributed by atoms with van der Waals surface area (Å²) in [4.78, 5) is 23.8. The van der Waals surface area contributed by atoms with E-state index in [1.54, 1.807) is 13.0 Å². The maximum Gasteiger partial charge on any atom is 0.344 e. The Kier molecular flexibility index (Phi) is 6.41. The zero-order chi connectivity index (χ0) is 19.8. The van der Waals surface area contributed by atoms with Gasteiger partial charge in [0.25, 0.3) is 11.8 Å². The topological polar surface area (TPSA) is 90.7 Å². The average Bonchev–Trinajstić information content (AvgIpc) is 3.12. The monoisotopic (exact) mass is 380 g/mol. The molecule has 0 unspecified atom stereocenters. The van der Waals surface area contributed by atoms with E-state index in [9.17, 15) is 9.59 Å². The van der Waals surface area contributed by atoms with Crippen molar-refractivity contribution in [3.63, 3.8) is 0 Å². The van der Waals surface area contributed by atoms with E-state index in [0.29, 0.717) is 17.9 Å². The standard InChI is InChI=1S/C21H20N2O5/c1-15-11-20(23-28-15)26-14-21(25)27-13-19(24)22-18-10-6-5-9-17(18)12-16-7-3-2-4-8-16/h2-11H,12-14H2,1H3,(H,22,24). The lowest BCUT2D eigenvalue weighted by atomic mass is 10.0. The first kappa shape index (κ1) is 19.2. The normalized spacial score (nSPS) is 10.3. The Morgan fingerprint density at radius 2 is 1.79 bits per heavy atom. The van der Waals surface area contributed by atoms with Crippen LogP contribution in [0.15, 0.2) is 65.2 Å². The van der Waals surface area contributed by atoms with E-state index in [-0.39, 0.29) is 12.5 Å². The Bertz CT molecular complexity index is 937. The molecule has 3 aromatic rings. The summed E-state index contributed by atoms with van der Waals surface area (Å²) in [7, 11) is 0. The van der Waals surface area contributed by atoms with Crippen molar-refractivity contribution in [3.8, 4) is 5.88 Å². The van der Waals surface area contributed by atoms with Crippen LogP contribution in [0.3, 0.4) is 0 Å². The number of ether oxygens (including phenoxy) is 2. The number of esters is 1. The third-order valence-corrected chi connectivity index (χ3v) is 3.84. The molecule has 0 aliphatic rings. The van der Waals surface area contributed by atoms with Crippen molar-refractivity contribution >= 4 is 17.6 Å². The molecule has 3 rings (SSSR count). The van der Waals surface area contributed by atoms with Crippen LogP contribution in [-0.2, 0) is 20.7 Å². The van der Waals surface area contributed by atoms with Crippen molar-refractivity contribution in [2.24, 2.45) is 0 Å². The van der Waals surface area contributed by atoms with Gasteiger partial charge < -0.3 is 19.3 Å². The fourth-order valence-electron chi connectivity index (χ4n) is 2.53. The Morgan fingerprint density at radius 1 is 1.04 bits per heavy atom. The number of nitrogens with zero attached hydrogens (tertiary/aromatic N) is 1. The molecule has 28 heavy (non-hydrogen) atoms. The molecule has 1 heterocycles. The number of hydrogen-bond acceptors (Lipinski definition) is 6. The van der Waals surface area contributed by atoms with Crippen LogP contribution in [0.25, 0.3) is 0 Å². The van der Waals surface area contributed by atoms with Gasteiger partial charge in [-0.2, -0.15) is 0 Å². The van der Waals surface area contributed by atoms with Gasteiger partial charge in [-0.15, -0.1) is 0 Å². The van der Waals surface area contributed by atoms with Crippen molar-refractivity contribution in [2.75, 3.05) is 18.5 Å². The molecule has 144 valence electrons. The largest absolute Gasteiger partial charge is 0.463 e. The van der Waals surface area contributed by atoms with Crippen LogP contribution in [0.2, 0.25) is 0 Å².